The molecule has 0 bridgehead atoms. The smallest absolute Gasteiger partial charge is 0.0441 e. The molecule has 1 aliphatic carbocycles. The Morgan fingerprint density at radius 3 is 2.77 bits per heavy atom. The lowest BCUT2D eigenvalue weighted by molar-refractivity contribution is 0.272. The average Bonchev–Trinajstić information content (AvgIpc) is 2.46. The summed E-state index contributed by atoms with van der Waals surface area (Å²) in [4.78, 5) is 2.67. The maximum Gasteiger partial charge on any atom is 0.0441 e. The van der Waals surface area contributed by atoms with Crippen molar-refractivity contribution in [2.24, 2.45) is 11.8 Å². The maximum absolute atomic E-state index is 2.67. The molecular formula is C11H21NS. The molecule has 0 aromatic rings. The van der Waals surface area contributed by atoms with Crippen molar-refractivity contribution in [3.05, 3.63) is 0 Å². The first-order valence-corrected chi connectivity index (χ1v) is 7.01. The lowest BCUT2D eigenvalue weighted by Crippen LogP contribution is -2.28. The molecule has 0 aromatic heterocycles. The van der Waals surface area contributed by atoms with Crippen LogP contribution in [-0.4, -0.2) is 30.1 Å². The van der Waals surface area contributed by atoms with Crippen molar-refractivity contribution >= 4 is 11.8 Å². The normalized spacial score (nSPS) is 35.8. The van der Waals surface area contributed by atoms with Crippen LogP contribution in [0.25, 0.3) is 0 Å². The SMILES string of the molecule is CSCN1CCCC2CCCC2C1. The first-order chi connectivity index (χ1) is 6.40. The highest BCUT2D eigenvalue weighted by atomic mass is 32.2. The van der Waals surface area contributed by atoms with E-state index in [1.807, 2.05) is 11.8 Å². The number of hydrogen-bond acceptors (Lipinski definition) is 2. The molecule has 0 N–H and O–H groups in total. The van der Waals surface area contributed by atoms with Gasteiger partial charge in [-0.05, 0) is 43.9 Å². The molecule has 0 aromatic carbocycles. The first kappa shape index (κ1) is 9.85. The predicted octanol–water partition coefficient (Wildman–Crippen LogP) is 2.82. The molecule has 2 unspecified atom stereocenters. The van der Waals surface area contributed by atoms with E-state index in [4.69, 9.17) is 0 Å². The second-order valence-electron chi connectivity index (χ2n) is 4.59. The molecule has 2 rings (SSSR count). The minimum atomic E-state index is 1.05. The van der Waals surface area contributed by atoms with Crippen LogP contribution in [0.2, 0.25) is 0 Å². The van der Waals surface area contributed by atoms with Crippen LogP contribution in [-0.2, 0) is 0 Å². The van der Waals surface area contributed by atoms with Crippen LogP contribution in [0, 0.1) is 11.8 Å². The maximum atomic E-state index is 2.67. The van der Waals surface area contributed by atoms with E-state index in [0.717, 1.165) is 11.8 Å². The second-order valence-corrected chi connectivity index (χ2v) is 5.42. The molecule has 2 aliphatic rings. The van der Waals surface area contributed by atoms with Gasteiger partial charge in [0.15, 0.2) is 0 Å². The van der Waals surface area contributed by atoms with E-state index >= 15 is 0 Å². The largest absolute Gasteiger partial charge is 0.294 e. The van der Waals surface area contributed by atoms with Crippen LogP contribution in [0.1, 0.15) is 32.1 Å². The van der Waals surface area contributed by atoms with Crippen molar-refractivity contribution in [1.82, 2.24) is 4.90 Å². The van der Waals surface area contributed by atoms with Gasteiger partial charge in [-0.1, -0.05) is 12.8 Å². The van der Waals surface area contributed by atoms with Crippen molar-refractivity contribution in [3.63, 3.8) is 0 Å². The zero-order valence-corrected chi connectivity index (χ0v) is 9.48. The molecule has 1 aliphatic heterocycles. The van der Waals surface area contributed by atoms with Crippen molar-refractivity contribution in [3.8, 4) is 0 Å². The highest BCUT2D eigenvalue weighted by Crippen LogP contribution is 2.37. The highest BCUT2D eigenvalue weighted by Gasteiger charge is 2.30. The number of nitrogens with zero attached hydrogens (tertiary/aromatic N) is 1. The molecule has 1 saturated heterocycles. The number of hydrogen-bond donors (Lipinski definition) is 0. The molecule has 0 radical (unpaired) electrons. The van der Waals surface area contributed by atoms with Gasteiger partial charge in [-0.3, -0.25) is 4.90 Å². The molecule has 2 atom stereocenters. The molecule has 2 heteroatoms. The Morgan fingerprint density at radius 2 is 1.92 bits per heavy atom. The molecule has 2 fully saturated rings. The standard InChI is InChI=1S/C11H21NS/c1-13-9-12-7-3-6-10-4-2-5-11(10)8-12/h10-11H,2-9H2,1H3. The van der Waals surface area contributed by atoms with Crippen LogP contribution in [0.3, 0.4) is 0 Å². The number of rotatable bonds is 2. The summed E-state index contributed by atoms with van der Waals surface area (Å²) in [6.07, 6.45) is 9.71. The Bertz CT molecular complexity index is 160. The molecular weight excluding hydrogens is 178 g/mol. The Hall–Kier alpha value is 0.310. The molecule has 76 valence electrons. The zero-order chi connectivity index (χ0) is 9.10. The molecule has 0 amide bonds. The van der Waals surface area contributed by atoms with E-state index in [1.165, 1.54) is 51.1 Å². The predicted molar refractivity (Wildman–Crippen MR) is 60.0 cm³/mol. The van der Waals surface area contributed by atoms with Crippen molar-refractivity contribution < 1.29 is 0 Å². The fourth-order valence-electron chi connectivity index (χ4n) is 3.03. The third-order valence-corrected chi connectivity index (χ3v) is 4.29. The van der Waals surface area contributed by atoms with Gasteiger partial charge in [-0.25, -0.2) is 0 Å². The van der Waals surface area contributed by atoms with E-state index in [9.17, 15) is 0 Å². The average molecular weight is 199 g/mol. The van der Waals surface area contributed by atoms with E-state index in [2.05, 4.69) is 11.2 Å². The van der Waals surface area contributed by atoms with Gasteiger partial charge in [-0.2, -0.15) is 0 Å². The van der Waals surface area contributed by atoms with Gasteiger partial charge in [0.25, 0.3) is 0 Å². The van der Waals surface area contributed by atoms with Crippen LogP contribution in [0.15, 0.2) is 0 Å². The fraction of sp³-hybridized carbons (Fsp3) is 1.00. The molecule has 1 saturated carbocycles. The van der Waals surface area contributed by atoms with Crippen molar-refractivity contribution in [2.75, 3.05) is 25.2 Å². The van der Waals surface area contributed by atoms with Gasteiger partial charge in [0.2, 0.25) is 0 Å². The summed E-state index contributed by atoms with van der Waals surface area (Å²) in [7, 11) is 0. The van der Waals surface area contributed by atoms with Crippen molar-refractivity contribution in [1.29, 1.82) is 0 Å². The minimum Gasteiger partial charge on any atom is -0.294 e. The highest BCUT2D eigenvalue weighted by molar-refractivity contribution is 7.98. The molecule has 1 heterocycles. The Morgan fingerprint density at radius 1 is 1.15 bits per heavy atom. The quantitative estimate of drug-likeness (QED) is 0.673. The Balaban J connectivity index is 1.89. The summed E-state index contributed by atoms with van der Waals surface area (Å²) >= 11 is 1.98. The van der Waals surface area contributed by atoms with Crippen LogP contribution in [0.5, 0.6) is 0 Å². The van der Waals surface area contributed by atoms with E-state index in [1.54, 1.807) is 0 Å². The summed E-state index contributed by atoms with van der Waals surface area (Å²) < 4.78 is 0. The summed E-state index contributed by atoms with van der Waals surface area (Å²) in [5.74, 6) is 3.39. The van der Waals surface area contributed by atoms with Gasteiger partial charge >= 0.3 is 0 Å². The minimum absolute atomic E-state index is 1.05. The summed E-state index contributed by atoms with van der Waals surface area (Å²) in [6, 6.07) is 0. The van der Waals surface area contributed by atoms with E-state index in [0.29, 0.717) is 0 Å². The van der Waals surface area contributed by atoms with Gasteiger partial charge in [0, 0.05) is 12.4 Å². The third-order valence-electron chi connectivity index (χ3n) is 3.67. The Labute approximate surface area is 86.3 Å². The monoisotopic (exact) mass is 199 g/mol. The van der Waals surface area contributed by atoms with Crippen LogP contribution < -0.4 is 0 Å². The zero-order valence-electron chi connectivity index (χ0n) is 8.67. The molecule has 0 spiro atoms. The topological polar surface area (TPSA) is 3.24 Å². The van der Waals surface area contributed by atoms with Crippen LogP contribution >= 0.6 is 11.8 Å². The second kappa shape index (κ2) is 4.70. The molecule has 1 nitrogen and oxygen atoms in total. The number of likely N-dealkylation sites (tertiary alicyclic amines) is 1. The number of thioether (sulfide) groups is 1. The number of fused-ring (bicyclic) bond motifs is 1. The van der Waals surface area contributed by atoms with Gasteiger partial charge in [0.05, 0.1) is 0 Å². The summed E-state index contributed by atoms with van der Waals surface area (Å²) in [5, 5.41) is 0. The van der Waals surface area contributed by atoms with Gasteiger partial charge in [0.1, 0.15) is 0 Å². The van der Waals surface area contributed by atoms with Crippen molar-refractivity contribution in [2.45, 2.75) is 32.1 Å². The lowest BCUT2D eigenvalue weighted by Gasteiger charge is -2.22. The third kappa shape index (κ3) is 2.41. The Kier molecular flexibility index (Phi) is 3.56. The first-order valence-electron chi connectivity index (χ1n) is 5.61. The van der Waals surface area contributed by atoms with Gasteiger partial charge in [-0.15, -0.1) is 11.8 Å². The fourth-order valence-corrected chi connectivity index (χ4v) is 3.63. The summed E-state index contributed by atoms with van der Waals surface area (Å²) in [5.41, 5.74) is 0. The molecule has 13 heavy (non-hydrogen) atoms. The van der Waals surface area contributed by atoms with Gasteiger partial charge < -0.3 is 0 Å². The van der Waals surface area contributed by atoms with E-state index < -0.39 is 0 Å². The lowest BCUT2D eigenvalue weighted by atomic mass is 9.93. The van der Waals surface area contributed by atoms with E-state index in [-0.39, 0.29) is 0 Å². The summed E-state index contributed by atoms with van der Waals surface area (Å²) in [6.45, 7) is 2.75. The van der Waals surface area contributed by atoms with Crippen LogP contribution in [0.4, 0.5) is 0 Å².